The van der Waals surface area contributed by atoms with Gasteiger partial charge in [-0.25, -0.2) is 4.79 Å². The van der Waals surface area contributed by atoms with Crippen molar-refractivity contribution in [2.75, 3.05) is 30.5 Å². The molecule has 0 atom stereocenters. The van der Waals surface area contributed by atoms with E-state index in [4.69, 9.17) is 10.5 Å². The van der Waals surface area contributed by atoms with Crippen molar-refractivity contribution in [3.63, 3.8) is 0 Å². The monoisotopic (exact) mass is 308 g/mol. The van der Waals surface area contributed by atoms with Crippen LogP contribution in [0.15, 0.2) is 18.2 Å². The van der Waals surface area contributed by atoms with E-state index >= 15 is 0 Å². The molecule has 1 aliphatic rings. The lowest BCUT2D eigenvalue weighted by atomic mass is 10.1. The third-order valence-electron chi connectivity index (χ3n) is 4.11. The number of hydrogen-bond acceptors (Lipinski definition) is 5. The molecule has 4 nitrogen and oxygen atoms in total. The van der Waals surface area contributed by atoms with Crippen molar-refractivity contribution in [1.29, 1.82) is 0 Å². The second-order valence-electron chi connectivity index (χ2n) is 5.47. The van der Waals surface area contributed by atoms with Crippen molar-refractivity contribution < 1.29 is 9.53 Å². The minimum absolute atomic E-state index is 0.298. The molecule has 21 heavy (non-hydrogen) atoms. The van der Waals surface area contributed by atoms with Crippen LogP contribution in [-0.2, 0) is 4.74 Å². The number of esters is 1. The van der Waals surface area contributed by atoms with Crippen molar-refractivity contribution >= 4 is 29.1 Å². The first-order valence-corrected chi connectivity index (χ1v) is 8.68. The quantitative estimate of drug-likeness (QED) is 0.621. The molecule has 0 aromatic heterocycles. The normalized spacial score (nSPS) is 16.7. The topological polar surface area (TPSA) is 64.3 Å². The van der Waals surface area contributed by atoms with E-state index in [9.17, 15) is 4.79 Å². The third kappa shape index (κ3) is 3.84. The van der Waals surface area contributed by atoms with E-state index in [0.29, 0.717) is 22.6 Å². The van der Waals surface area contributed by atoms with Gasteiger partial charge in [-0.15, -0.1) is 0 Å². The van der Waals surface area contributed by atoms with E-state index in [1.807, 2.05) is 11.8 Å². The second kappa shape index (κ2) is 7.07. The Kier molecular flexibility index (Phi) is 5.39. The SMILES string of the molecule is CCOC(=O)c1ccc(N)c(NCC2(SC)CCCC2)c1. The molecule has 2 rings (SSSR count). The summed E-state index contributed by atoms with van der Waals surface area (Å²) in [5, 5.41) is 3.43. The van der Waals surface area contributed by atoms with Gasteiger partial charge >= 0.3 is 5.97 Å². The van der Waals surface area contributed by atoms with Crippen LogP contribution in [0, 0.1) is 0 Å². The number of nitrogens with one attached hydrogen (secondary N) is 1. The first kappa shape index (κ1) is 16.0. The molecule has 1 aromatic carbocycles. The number of benzene rings is 1. The first-order chi connectivity index (χ1) is 10.1. The zero-order valence-corrected chi connectivity index (χ0v) is 13.6. The van der Waals surface area contributed by atoms with Crippen LogP contribution in [0.4, 0.5) is 11.4 Å². The number of nitrogen functional groups attached to an aromatic ring is 1. The standard InChI is InChI=1S/C16H24N2O2S/c1-3-20-15(19)12-6-7-13(17)14(10-12)18-11-16(21-2)8-4-5-9-16/h6-7,10,18H,3-5,8-9,11,17H2,1-2H3. The largest absolute Gasteiger partial charge is 0.462 e. The lowest BCUT2D eigenvalue weighted by Crippen LogP contribution is -2.30. The summed E-state index contributed by atoms with van der Waals surface area (Å²) in [6, 6.07) is 5.25. The highest BCUT2D eigenvalue weighted by Crippen LogP contribution is 2.40. The minimum Gasteiger partial charge on any atom is -0.462 e. The number of ether oxygens (including phenoxy) is 1. The first-order valence-electron chi connectivity index (χ1n) is 7.46. The highest BCUT2D eigenvalue weighted by atomic mass is 32.2. The zero-order chi connectivity index (χ0) is 15.3. The zero-order valence-electron chi connectivity index (χ0n) is 12.8. The average molecular weight is 308 g/mol. The van der Waals surface area contributed by atoms with E-state index < -0.39 is 0 Å². The fourth-order valence-electron chi connectivity index (χ4n) is 2.78. The second-order valence-corrected chi connectivity index (χ2v) is 6.74. The van der Waals surface area contributed by atoms with Crippen molar-refractivity contribution in [2.24, 2.45) is 0 Å². The number of carbonyl (C=O) groups is 1. The summed E-state index contributed by atoms with van der Waals surface area (Å²) in [5.41, 5.74) is 8.04. The molecule has 0 spiro atoms. The lowest BCUT2D eigenvalue weighted by molar-refractivity contribution is 0.0526. The van der Waals surface area contributed by atoms with Gasteiger partial charge in [0.1, 0.15) is 0 Å². The Morgan fingerprint density at radius 1 is 1.43 bits per heavy atom. The van der Waals surface area contributed by atoms with E-state index in [2.05, 4.69) is 11.6 Å². The Hall–Kier alpha value is -1.36. The molecule has 0 unspecified atom stereocenters. The summed E-state index contributed by atoms with van der Waals surface area (Å²) < 4.78 is 5.33. The number of hydrogen-bond donors (Lipinski definition) is 2. The van der Waals surface area contributed by atoms with Gasteiger partial charge in [-0.3, -0.25) is 0 Å². The predicted molar refractivity (Wildman–Crippen MR) is 90.0 cm³/mol. The average Bonchev–Trinajstić information content (AvgIpc) is 2.96. The van der Waals surface area contributed by atoms with Gasteiger partial charge in [0, 0.05) is 11.3 Å². The van der Waals surface area contributed by atoms with Crippen molar-refractivity contribution in [1.82, 2.24) is 0 Å². The third-order valence-corrected chi connectivity index (χ3v) is 5.53. The Labute approximate surface area is 130 Å². The summed E-state index contributed by atoms with van der Waals surface area (Å²) in [6.45, 7) is 3.06. The summed E-state index contributed by atoms with van der Waals surface area (Å²) in [5.74, 6) is -0.305. The molecule has 1 aromatic rings. The number of nitrogens with two attached hydrogens (primary N) is 1. The van der Waals surface area contributed by atoms with Crippen LogP contribution in [0.2, 0.25) is 0 Å². The van der Waals surface area contributed by atoms with E-state index in [-0.39, 0.29) is 5.97 Å². The highest BCUT2D eigenvalue weighted by Gasteiger charge is 2.32. The number of thioether (sulfide) groups is 1. The molecule has 116 valence electrons. The van der Waals surface area contributed by atoms with Gasteiger partial charge in [0.2, 0.25) is 0 Å². The molecule has 0 bridgehead atoms. The van der Waals surface area contributed by atoms with Gasteiger partial charge in [-0.1, -0.05) is 12.8 Å². The van der Waals surface area contributed by atoms with Crippen molar-refractivity contribution in [3.05, 3.63) is 23.8 Å². The molecular formula is C16H24N2O2S. The molecule has 1 fully saturated rings. The Morgan fingerprint density at radius 3 is 2.76 bits per heavy atom. The van der Waals surface area contributed by atoms with Crippen LogP contribution >= 0.6 is 11.8 Å². The lowest BCUT2D eigenvalue weighted by Gasteiger charge is -2.28. The molecule has 0 heterocycles. The Bertz CT molecular complexity index is 499. The number of carbonyl (C=O) groups excluding carboxylic acids is 1. The summed E-state index contributed by atoms with van der Waals surface area (Å²) >= 11 is 1.93. The van der Waals surface area contributed by atoms with Crippen molar-refractivity contribution in [2.45, 2.75) is 37.4 Å². The van der Waals surface area contributed by atoms with Gasteiger partial charge in [0.25, 0.3) is 0 Å². The number of rotatable bonds is 6. The molecule has 0 aliphatic heterocycles. The van der Waals surface area contributed by atoms with Gasteiger partial charge in [-0.05, 0) is 44.2 Å². The summed E-state index contributed by atoms with van der Waals surface area (Å²) in [6.07, 6.45) is 7.23. The Balaban J connectivity index is 2.08. The van der Waals surface area contributed by atoms with Gasteiger partial charge < -0.3 is 15.8 Å². The van der Waals surface area contributed by atoms with Crippen LogP contribution in [0.3, 0.4) is 0 Å². The van der Waals surface area contributed by atoms with Gasteiger partial charge in [-0.2, -0.15) is 11.8 Å². The maximum Gasteiger partial charge on any atom is 0.338 e. The summed E-state index contributed by atoms with van der Waals surface area (Å²) in [4.78, 5) is 11.8. The van der Waals surface area contributed by atoms with Crippen molar-refractivity contribution in [3.8, 4) is 0 Å². The molecule has 0 radical (unpaired) electrons. The smallest absolute Gasteiger partial charge is 0.338 e. The van der Waals surface area contributed by atoms with Crippen LogP contribution in [0.1, 0.15) is 43.0 Å². The van der Waals surface area contributed by atoms with Crippen LogP contribution in [-0.4, -0.2) is 30.1 Å². The maximum absolute atomic E-state index is 11.8. The predicted octanol–water partition coefficient (Wildman–Crippen LogP) is 3.53. The fraction of sp³-hybridized carbons (Fsp3) is 0.562. The van der Waals surface area contributed by atoms with E-state index in [0.717, 1.165) is 12.2 Å². The minimum atomic E-state index is -0.305. The Morgan fingerprint density at radius 2 is 2.14 bits per heavy atom. The van der Waals surface area contributed by atoms with E-state index in [1.165, 1.54) is 25.7 Å². The summed E-state index contributed by atoms with van der Waals surface area (Å²) in [7, 11) is 0. The molecule has 0 amide bonds. The molecule has 1 aliphatic carbocycles. The van der Waals surface area contributed by atoms with Crippen LogP contribution < -0.4 is 11.1 Å². The van der Waals surface area contributed by atoms with Crippen LogP contribution in [0.25, 0.3) is 0 Å². The van der Waals surface area contributed by atoms with Gasteiger partial charge in [0.05, 0.1) is 23.5 Å². The molecule has 0 saturated heterocycles. The molecule has 3 N–H and O–H groups in total. The fourth-order valence-corrected chi connectivity index (χ4v) is 3.69. The highest BCUT2D eigenvalue weighted by molar-refractivity contribution is 8.00. The van der Waals surface area contributed by atoms with E-state index in [1.54, 1.807) is 25.1 Å². The number of anilines is 2. The van der Waals surface area contributed by atoms with Gasteiger partial charge in [0.15, 0.2) is 0 Å². The molecule has 1 saturated carbocycles. The molecule has 5 heteroatoms. The van der Waals surface area contributed by atoms with Crippen LogP contribution in [0.5, 0.6) is 0 Å². The molecular weight excluding hydrogens is 284 g/mol. The maximum atomic E-state index is 11.8.